The highest BCUT2D eigenvalue weighted by molar-refractivity contribution is 7.09. The van der Waals surface area contributed by atoms with E-state index in [4.69, 9.17) is 10.5 Å². The van der Waals surface area contributed by atoms with Gasteiger partial charge in [-0.2, -0.15) is 0 Å². The minimum atomic E-state index is -0.190. The number of amides is 1. The van der Waals surface area contributed by atoms with Crippen LogP contribution in [0.5, 0.6) is 5.75 Å². The van der Waals surface area contributed by atoms with Gasteiger partial charge in [0.15, 0.2) is 0 Å². The van der Waals surface area contributed by atoms with Crippen LogP contribution in [0, 0.1) is 6.92 Å². The number of anilines is 1. The smallest absolute Gasteiger partial charge is 0.255 e. The molecule has 0 saturated carbocycles. The normalized spacial score (nSPS) is 10.2. The van der Waals surface area contributed by atoms with E-state index < -0.39 is 0 Å². The van der Waals surface area contributed by atoms with Crippen LogP contribution in [0.3, 0.4) is 0 Å². The standard InChI is InChI=1S/C13H15N3O2S/c1-8-12(19-7-16-8)6-15-13(17)10-4-3-9(14)5-11(10)18-2/h3-5,7H,6,14H2,1-2H3,(H,15,17). The molecule has 0 bridgehead atoms. The van der Waals surface area contributed by atoms with Crippen LogP contribution in [0.2, 0.25) is 0 Å². The summed E-state index contributed by atoms with van der Waals surface area (Å²) in [5, 5.41) is 2.85. The zero-order valence-electron chi connectivity index (χ0n) is 10.8. The molecule has 0 radical (unpaired) electrons. The molecule has 2 aromatic rings. The van der Waals surface area contributed by atoms with Gasteiger partial charge in [-0.15, -0.1) is 11.3 Å². The van der Waals surface area contributed by atoms with Crippen LogP contribution in [0.15, 0.2) is 23.7 Å². The lowest BCUT2D eigenvalue weighted by molar-refractivity contribution is 0.0948. The van der Waals surface area contributed by atoms with E-state index >= 15 is 0 Å². The lowest BCUT2D eigenvalue weighted by Gasteiger charge is -2.09. The average Bonchev–Trinajstić information content (AvgIpc) is 2.81. The minimum Gasteiger partial charge on any atom is -0.496 e. The molecule has 5 nitrogen and oxygen atoms in total. The van der Waals surface area contributed by atoms with Gasteiger partial charge in [-0.1, -0.05) is 0 Å². The fourth-order valence-corrected chi connectivity index (χ4v) is 2.36. The summed E-state index contributed by atoms with van der Waals surface area (Å²) in [5.41, 5.74) is 9.39. The molecule has 0 unspecified atom stereocenters. The number of nitrogens with two attached hydrogens (primary N) is 1. The number of thiazole rings is 1. The number of aryl methyl sites for hydroxylation is 1. The molecule has 0 atom stereocenters. The molecular weight excluding hydrogens is 262 g/mol. The quantitative estimate of drug-likeness (QED) is 0.838. The summed E-state index contributed by atoms with van der Waals surface area (Å²) in [6.45, 7) is 2.38. The van der Waals surface area contributed by atoms with Gasteiger partial charge in [0.25, 0.3) is 5.91 Å². The van der Waals surface area contributed by atoms with Crippen molar-refractivity contribution in [2.45, 2.75) is 13.5 Å². The fraction of sp³-hybridized carbons (Fsp3) is 0.231. The molecule has 1 aromatic carbocycles. The molecule has 0 spiro atoms. The molecule has 100 valence electrons. The van der Waals surface area contributed by atoms with Crippen molar-refractivity contribution in [3.63, 3.8) is 0 Å². The van der Waals surface area contributed by atoms with Crippen LogP contribution in [-0.2, 0) is 6.54 Å². The first-order valence-corrected chi connectivity index (χ1v) is 6.60. The highest BCUT2D eigenvalue weighted by Crippen LogP contribution is 2.21. The second kappa shape index (κ2) is 5.71. The first kappa shape index (κ1) is 13.4. The van der Waals surface area contributed by atoms with E-state index in [1.807, 2.05) is 6.92 Å². The van der Waals surface area contributed by atoms with Crippen LogP contribution in [0.1, 0.15) is 20.9 Å². The Bertz CT molecular complexity index is 595. The Balaban J connectivity index is 2.10. The van der Waals surface area contributed by atoms with Crippen molar-refractivity contribution in [3.05, 3.63) is 39.8 Å². The van der Waals surface area contributed by atoms with E-state index in [2.05, 4.69) is 10.3 Å². The largest absolute Gasteiger partial charge is 0.496 e. The number of rotatable bonds is 4. The molecule has 6 heteroatoms. The van der Waals surface area contributed by atoms with Gasteiger partial charge < -0.3 is 15.8 Å². The van der Waals surface area contributed by atoms with Crippen LogP contribution in [0.25, 0.3) is 0 Å². The number of benzene rings is 1. The first-order valence-electron chi connectivity index (χ1n) is 5.72. The highest BCUT2D eigenvalue weighted by atomic mass is 32.1. The summed E-state index contributed by atoms with van der Waals surface area (Å²) in [6.07, 6.45) is 0. The summed E-state index contributed by atoms with van der Waals surface area (Å²) in [7, 11) is 1.51. The Morgan fingerprint density at radius 3 is 2.95 bits per heavy atom. The predicted octanol–water partition coefficient (Wildman–Crippen LogP) is 1.97. The summed E-state index contributed by atoms with van der Waals surface area (Å²) in [5.74, 6) is 0.281. The molecule has 0 fully saturated rings. The molecule has 0 aliphatic rings. The van der Waals surface area contributed by atoms with Crippen molar-refractivity contribution in [2.75, 3.05) is 12.8 Å². The molecule has 0 aliphatic carbocycles. The monoisotopic (exact) mass is 277 g/mol. The van der Waals surface area contributed by atoms with E-state index in [9.17, 15) is 4.79 Å². The summed E-state index contributed by atoms with van der Waals surface area (Å²) >= 11 is 1.52. The van der Waals surface area contributed by atoms with Crippen molar-refractivity contribution >= 4 is 22.9 Å². The van der Waals surface area contributed by atoms with Crippen LogP contribution >= 0.6 is 11.3 Å². The number of nitrogens with one attached hydrogen (secondary N) is 1. The SMILES string of the molecule is COc1cc(N)ccc1C(=O)NCc1scnc1C. The van der Waals surface area contributed by atoms with Crippen molar-refractivity contribution in [2.24, 2.45) is 0 Å². The molecule has 0 saturated heterocycles. The summed E-state index contributed by atoms with van der Waals surface area (Å²) in [4.78, 5) is 17.3. The van der Waals surface area contributed by atoms with Gasteiger partial charge in [-0.25, -0.2) is 4.98 Å². The van der Waals surface area contributed by atoms with Gasteiger partial charge in [0.2, 0.25) is 0 Å². The Hall–Kier alpha value is -2.08. The maximum absolute atomic E-state index is 12.1. The van der Waals surface area contributed by atoms with Crippen LogP contribution < -0.4 is 15.8 Å². The van der Waals surface area contributed by atoms with E-state index in [-0.39, 0.29) is 5.91 Å². The average molecular weight is 277 g/mol. The van der Waals surface area contributed by atoms with Gasteiger partial charge in [0.1, 0.15) is 5.75 Å². The Kier molecular flexibility index (Phi) is 4.01. The minimum absolute atomic E-state index is 0.190. The number of ether oxygens (including phenoxy) is 1. The molecule has 3 N–H and O–H groups in total. The maximum atomic E-state index is 12.1. The number of nitrogens with zero attached hydrogens (tertiary/aromatic N) is 1. The molecule has 19 heavy (non-hydrogen) atoms. The van der Waals surface area contributed by atoms with Crippen molar-refractivity contribution < 1.29 is 9.53 Å². The maximum Gasteiger partial charge on any atom is 0.255 e. The molecular formula is C13H15N3O2S. The van der Waals surface area contributed by atoms with E-state index in [0.29, 0.717) is 23.5 Å². The van der Waals surface area contributed by atoms with Crippen molar-refractivity contribution in [1.82, 2.24) is 10.3 Å². The van der Waals surface area contributed by atoms with Gasteiger partial charge in [0.05, 0.1) is 30.4 Å². The third-order valence-electron chi connectivity index (χ3n) is 2.72. The van der Waals surface area contributed by atoms with Crippen molar-refractivity contribution in [3.8, 4) is 5.75 Å². The second-order valence-electron chi connectivity index (χ2n) is 4.00. The number of aromatic nitrogens is 1. The highest BCUT2D eigenvalue weighted by Gasteiger charge is 2.13. The van der Waals surface area contributed by atoms with Gasteiger partial charge in [0, 0.05) is 16.6 Å². The molecule has 1 aromatic heterocycles. The van der Waals surface area contributed by atoms with E-state index in [1.165, 1.54) is 18.4 Å². The number of hydrogen-bond donors (Lipinski definition) is 2. The van der Waals surface area contributed by atoms with Crippen molar-refractivity contribution in [1.29, 1.82) is 0 Å². The number of nitrogen functional groups attached to an aromatic ring is 1. The lowest BCUT2D eigenvalue weighted by Crippen LogP contribution is -2.23. The number of carbonyl (C=O) groups excluding carboxylic acids is 1. The van der Waals surface area contributed by atoms with Gasteiger partial charge in [-0.05, 0) is 19.1 Å². The molecule has 1 amide bonds. The van der Waals surface area contributed by atoms with E-state index in [1.54, 1.807) is 23.7 Å². The molecule has 2 rings (SSSR count). The van der Waals surface area contributed by atoms with Gasteiger partial charge >= 0.3 is 0 Å². The van der Waals surface area contributed by atoms with E-state index in [0.717, 1.165) is 10.6 Å². The predicted molar refractivity (Wildman–Crippen MR) is 75.4 cm³/mol. The molecule has 0 aliphatic heterocycles. The molecule has 1 heterocycles. The van der Waals surface area contributed by atoms with Gasteiger partial charge in [-0.3, -0.25) is 4.79 Å². The number of hydrogen-bond acceptors (Lipinski definition) is 5. The number of methoxy groups -OCH3 is 1. The lowest BCUT2D eigenvalue weighted by atomic mass is 10.1. The summed E-state index contributed by atoms with van der Waals surface area (Å²) in [6, 6.07) is 4.96. The Morgan fingerprint density at radius 2 is 2.32 bits per heavy atom. The zero-order valence-corrected chi connectivity index (χ0v) is 11.6. The Morgan fingerprint density at radius 1 is 1.53 bits per heavy atom. The first-order chi connectivity index (χ1) is 9.11. The topological polar surface area (TPSA) is 77.2 Å². The second-order valence-corrected chi connectivity index (χ2v) is 4.94. The zero-order chi connectivity index (χ0) is 13.8. The summed E-state index contributed by atoms with van der Waals surface area (Å²) < 4.78 is 5.16. The third kappa shape index (κ3) is 3.03. The number of carbonyl (C=O) groups is 1. The Labute approximate surface area is 115 Å². The van der Waals surface area contributed by atoms with Crippen LogP contribution in [-0.4, -0.2) is 18.0 Å². The third-order valence-corrected chi connectivity index (χ3v) is 3.66. The van der Waals surface area contributed by atoms with Crippen LogP contribution in [0.4, 0.5) is 5.69 Å². The fourth-order valence-electron chi connectivity index (χ4n) is 1.65.